The second-order valence-electron chi connectivity index (χ2n) is 7.71. The molecule has 0 radical (unpaired) electrons. The Hall–Kier alpha value is -2.20. The number of rotatable bonds is 2. The fourth-order valence-electron chi connectivity index (χ4n) is 4.79. The number of hydrogen-bond acceptors (Lipinski definition) is 6. The van der Waals surface area contributed by atoms with Gasteiger partial charge in [0.15, 0.2) is 5.13 Å². The lowest BCUT2D eigenvalue weighted by Crippen LogP contribution is -2.48. The number of fused-ring (bicyclic) bond motifs is 6. The standard InChI is InChI=1S/C18H15F3N2O4S/c1-16-11-5-6-12(26-11)17(16,2)14(25)23(13(16)24)15-22-9-4-3-8(7-10(9)28-15)27-18(19,20)21/h3-4,7,11-12H,5-6H2,1-2H3/t11?,12?,16-,17+. The van der Waals surface area contributed by atoms with Crippen molar-refractivity contribution in [2.45, 2.75) is 45.3 Å². The third-order valence-electron chi connectivity index (χ3n) is 6.45. The van der Waals surface area contributed by atoms with Crippen molar-refractivity contribution in [2.24, 2.45) is 10.8 Å². The second-order valence-corrected chi connectivity index (χ2v) is 8.72. The number of carbonyl (C=O) groups excluding carboxylic acids is 2. The summed E-state index contributed by atoms with van der Waals surface area (Å²) in [4.78, 5) is 31.9. The fraction of sp³-hybridized carbons (Fsp3) is 0.500. The fourth-order valence-corrected chi connectivity index (χ4v) is 5.78. The predicted octanol–water partition coefficient (Wildman–Crippen LogP) is 3.64. The minimum absolute atomic E-state index is 0.158. The van der Waals surface area contributed by atoms with Gasteiger partial charge >= 0.3 is 6.36 Å². The summed E-state index contributed by atoms with van der Waals surface area (Å²) in [6, 6.07) is 3.73. The van der Waals surface area contributed by atoms with E-state index in [4.69, 9.17) is 4.74 Å². The zero-order valence-corrected chi connectivity index (χ0v) is 15.7. The van der Waals surface area contributed by atoms with E-state index >= 15 is 0 Å². The molecule has 2 unspecified atom stereocenters. The Morgan fingerprint density at radius 1 is 1.18 bits per heavy atom. The molecule has 3 aliphatic heterocycles. The topological polar surface area (TPSA) is 68.7 Å². The van der Waals surface area contributed by atoms with Gasteiger partial charge in [-0.3, -0.25) is 9.59 Å². The molecule has 2 amide bonds. The molecule has 6 nitrogen and oxygen atoms in total. The first-order valence-corrected chi connectivity index (χ1v) is 9.58. The maximum atomic E-state index is 13.3. The highest BCUT2D eigenvalue weighted by atomic mass is 32.1. The Morgan fingerprint density at radius 2 is 1.79 bits per heavy atom. The van der Waals surface area contributed by atoms with E-state index in [1.165, 1.54) is 12.1 Å². The molecule has 1 aromatic carbocycles. The molecule has 0 saturated carbocycles. The summed E-state index contributed by atoms with van der Waals surface area (Å²) in [5, 5.41) is 0.158. The molecule has 4 heterocycles. The Kier molecular flexibility index (Phi) is 3.34. The van der Waals surface area contributed by atoms with Crippen LogP contribution in [0.1, 0.15) is 26.7 Å². The largest absolute Gasteiger partial charge is 0.573 e. The van der Waals surface area contributed by atoms with E-state index in [0.29, 0.717) is 10.2 Å². The number of halogens is 3. The molecule has 3 aliphatic rings. The van der Waals surface area contributed by atoms with E-state index in [9.17, 15) is 22.8 Å². The van der Waals surface area contributed by atoms with Crippen molar-refractivity contribution in [1.82, 2.24) is 4.98 Å². The first-order valence-electron chi connectivity index (χ1n) is 8.76. The molecule has 28 heavy (non-hydrogen) atoms. The quantitative estimate of drug-likeness (QED) is 0.705. The number of anilines is 1. The van der Waals surface area contributed by atoms with Gasteiger partial charge in [-0.15, -0.1) is 13.2 Å². The number of carbonyl (C=O) groups is 2. The van der Waals surface area contributed by atoms with Gasteiger partial charge < -0.3 is 9.47 Å². The average Bonchev–Trinajstić information content (AvgIpc) is 3.31. The number of benzene rings is 1. The van der Waals surface area contributed by atoms with Gasteiger partial charge in [-0.2, -0.15) is 0 Å². The van der Waals surface area contributed by atoms with E-state index < -0.39 is 17.2 Å². The molecule has 5 rings (SSSR count). The van der Waals surface area contributed by atoms with Crippen molar-refractivity contribution in [3.05, 3.63) is 18.2 Å². The van der Waals surface area contributed by atoms with Gasteiger partial charge in [-0.1, -0.05) is 11.3 Å². The van der Waals surface area contributed by atoms with Crippen LogP contribution in [0.5, 0.6) is 5.75 Å². The molecule has 4 atom stereocenters. The van der Waals surface area contributed by atoms with E-state index in [1.807, 2.05) is 0 Å². The Labute approximate surface area is 161 Å². The number of alkyl halides is 3. The number of ether oxygens (including phenoxy) is 2. The van der Waals surface area contributed by atoms with Crippen LogP contribution >= 0.6 is 11.3 Å². The van der Waals surface area contributed by atoms with Crippen molar-refractivity contribution in [2.75, 3.05) is 4.90 Å². The van der Waals surface area contributed by atoms with Crippen molar-refractivity contribution >= 4 is 38.5 Å². The Morgan fingerprint density at radius 3 is 2.36 bits per heavy atom. The smallest absolute Gasteiger partial charge is 0.406 e. The third kappa shape index (κ3) is 2.04. The molecule has 3 saturated heterocycles. The summed E-state index contributed by atoms with van der Waals surface area (Å²) in [5.41, 5.74) is -1.54. The van der Waals surface area contributed by atoms with Gasteiger partial charge in [0.25, 0.3) is 0 Å². The zero-order chi connectivity index (χ0) is 20.1. The van der Waals surface area contributed by atoms with Gasteiger partial charge in [-0.05, 0) is 38.8 Å². The summed E-state index contributed by atoms with van der Waals surface area (Å²) in [5.74, 6) is -1.10. The molecule has 2 aromatic rings. The average molecular weight is 412 g/mol. The summed E-state index contributed by atoms with van der Waals surface area (Å²) < 4.78 is 47.5. The number of aromatic nitrogens is 1. The molecular formula is C18H15F3N2O4S. The normalized spacial score (nSPS) is 34.5. The number of thiazole rings is 1. The Bertz CT molecular complexity index is 1000. The Balaban J connectivity index is 1.56. The number of nitrogens with zero attached hydrogens (tertiary/aromatic N) is 2. The number of amides is 2. The molecule has 0 spiro atoms. The summed E-state index contributed by atoms with van der Waals surface area (Å²) >= 11 is 0.986. The first kappa shape index (κ1) is 17.9. The van der Waals surface area contributed by atoms with Crippen LogP contribution in [0.3, 0.4) is 0 Å². The molecular weight excluding hydrogens is 397 g/mol. The molecule has 2 bridgehead atoms. The summed E-state index contributed by atoms with van der Waals surface area (Å²) in [6.07, 6.45) is -3.99. The van der Waals surface area contributed by atoms with E-state index in [-0.39, 0.29) is 34.9 Å². The van der Waals surface area contributed by atoms with E-state index in [1.54, 1.807) is 13.8 Å². The first-order chi connectivity index (χ1) is 13.1. The van der Waals surface area contributed by atoms with Crippen LogP contribution in [-0.2, 0) is 14.3 Å². The van der Waals surface area contributed by atoms with Gasteiger partial charge in [0.2, 0.25) is 11.8 Å². The highest BCUT2D eigenvalue weighted by Gasteiger charge is 2.77. The molecule has 0 N–H and O–H groups in total. The molecule has 10 heteroatoms. The van der Waals surface area contributed by atoms with Crippen LogP contribution in [0.25, 0.3) is 10.2 Å². The minimum atomic E-state index is -4.80. The van der Waals surface area contributed by atoms with Crippen LogP contribution in [0, 0.1) is 10.8 Å². The summed E-state index contributed by atoms with van der Waals surface area (Å²) in [6.45, 7) is 3.53. The van der Waals surface area contributed by atoms with Gasteiger partial charge in [-0.25, -0.2) is 9.88 Å². The third-order valence-corrected chi connectivity index (χ3v) is 7.46. The van der Waals surface area contributed by atoms with Crippen LogP contribution in [-0.4, -0.2) is 35.4 Å². The van der Waals surface area contributed by atoms with Crippen LogP contribution < -0.4 is 9.64 Å². The molecule has 1 aromatic heterocycles. The second kappa shape index (κ2) is 5.24. The lowest BCUT2D eigenvalue weighted by molar-refractivity contribution is -0.274. The van der Waals surface area contributed by atoms with Gasteiger partial charge in [0, 0.05) is 6.07 Å². The monoisotopic (exact) mass is 412 g/mol. The van der Waals surface area contributed by atoms with E-state index in [2.05, 4.69) is 9.72 Å². The van der Waals surface area contributed by atoms with Crippen LogP contribution in [0.15, 0.2) is 18.2 Å². The van der Waals surface area contributed by atoms with Crippen molar-refractivity contribution in [3.8, 4) is 5.75 Å². The SMILES string of the molecule is C[C@@]12C(=O)N(c3nc4ccc(OC(F)(F)F)cc4s3)C(=O)[C@]1(C)C1CCC2O1. The van der Waals surface area contributed by atoms with Crippen molar-refractivity contribution in [3.63, 3.8) is 0 Å². The van der Waals surface area contributed by atoms with Crippen molar-refractivity contribution in [1.29, 1.82) is 0 Å². The zero-order valence-electron chi connectivity index (χ0n) is 14.9. The highest BCUT2D eigenvalue weighted by molar-refractivity contribution is 7.22. The van der Waals surface area contributed by atoms with Crippen molar-refractivity contribution < 1.29 is 32.2 Å². The van der Waals surface area contributed by atoms with Crippen LogP contribution in [0.4, 0.5) is 18.3 Å². The molecule has 0 aliphatic carbocycles. The van der Waals surface area contributed by atoms with E-state index in [0.717, 1.165) is 35.1 Å². The van der Waals surface area contributed by atoms with Gasteiger partial charge in [0.05, 0.1) is 33.3 Å². The summed E-state index contributed by atoms with van der Waals surface area (Å²) in [7, 11) is 0. The maximum absolute atomic E-state index is 13.3. The predicted molar refractivity (Wildman–Crippen MR) is 92.9 cm³/mol. The lowest BCUT2D eigenvalue weighted by atomic mass is 9.59. The maximum Gasteiger partial charge on any atom is 0.573 e. The minimum Gasteiger partial charge on any atom is -0.406 e. The number of hydrogen-bond donors (Lipinski definition) is 0. The molecule has 3 fully saturated rings. The van der Waals surface area contributed by atoms with Crippen LogP contribution in [0.2, 0.25) is 0 Å². The lowest BCUT2D eigenvalue weighted by Gasteiger charge is -2.36. The number of imide groups is 1. The highest BCUT2D eigenvalue weighted by Crippen LogP contribution is 2.64. The van der Waals surface area contributed by atoms with Gasteiger partial charge in [0.1, 0.15) is 5.75 Å². The molecule has 148 valence electrons.